The minimum Gasteiger partial charge on any atom is -0.497 e. The van der Waals surface area contributed by atoms with Crippen molar-refractivity contribution in [2.75, 3.05) is 67.9 Å². The maximum Gasteiger partial charge on any atom is 0.573 e. The van der Waals surface area contributed by atoms with E-state index in [1.165, 1.54) is 42.2 Å². The van der Waals surface area contributed by atoms with E-state index in [4.69, 9.17) is 24.1 Å². The van der Waals surface area contributed by atoms with E-state index >= 15 is 0 Å². The molecule has 7 atom stereocenters. The van der Waals surface area contributed by atoms with Crippen LogP contribution in [-0.2, 0) is 62.7 Å². The Bertz CT molecular complexity index is 3830. The highest BCUT2D eigenvalue weighted by molar-refractivity contribution is 5.76. The molecule has 13 nitrogen and oxygen atoms in total. The lowest BCUT2D eigenvalue weighted by molar-refractivity contribution is -0.277. The summed E-state index contributed by atoms with van der Waals surface area (Å²) in [6.07, 6.45) is -0.284. The summed E-state index contributed by atoms with van der Waals surface area (Å²) in [5, 5.41) is 8.77. The van der Waals surface area contributed by atoms with E-state index < -0.39 is 66.7 Å². The Kier molecular flexibility index (Phi) is 23.8. The van der Waals surface area contributed by atoms with E-state index in [9.17, 15) is 66.7 Å². The van der Waals surface area contributed by atoms with Crippen LogP contribution < -0.4 is 23.7 Å². The van der Waals surface area contributed by atoms with Gasteiger partial charge in [0.25, 0.3) is 0 Å². The summed E-state index contributed by atoms with van der Waals surface area (Å²) in [5.74, 6) is -0.0563. The minimum atomic E-state index is -4.82. The molecule has 26 heteroatoms. The van der Waals surface area contributed by atoms with Gasteiger partial charge >= 0.3 is 37.3 Å². The zero-order chi connectivity index (χ0) is 75.4. The third-order valence-corrected chi connectivity index (χ3v) is 24.6. The molecule has 576 valence electrons. The van der Waals surface area contributed by atoms with Gasteiger partial charge in [-0.2, -0.15) is 26.3 Å². The number of ether oxygens (including phenoxy) is 6. The third-order valence-electron chi connectivity index (χ3n) is 24.6. The summed E-state index contributed by atoms with van der Waals surface area (Å²) in [5.41, 5.74) is 5.40. The highest BCUT2D eigenvalue weighted by atomic mass is 19.4. The van der Waals surface area contributed by atoms with Crippen LogP contribution in [0.15, 0.2) is 103 Å². The molecule has 1 N–H and O–H groups in total. The summed E-state index contributed by atoms with van der Waals surface area (Å²) >= 11 is 0. The number of hydrogen-bond donors (Lipinski definition) is 1. The Labute approximate surface area is 604 Å². The van der Waals surface area contributed by atoms with Crippen LogP contribution in [0.1, 0.15) is 179 Å². The Morgan fingerprint density at radius 3 is 1.50 bits per heavy atom. The van der Waals surface area contributed by atoms with Crippen LogP contribution in [0.25, 0.3) is 0 Å². The number of esters is 1. The molecule has 3 saturated carbocycles. The van der Waals surface area contributed by atoms with E-state index in [0.29, 0.717) is 99.1 Å². The number of aliphatic carboxylic acids is 1. The molecule has 14 rings (SSSR count). The van der Waals surface area contributed by atoms with Gasteiger partial charge in [-0.3, -0.25) is 14.5 Å². The predicted octanol–water partition coefficient (Wildman–Crippen LogP) is 18.0. The Hall–Kier alpha value is -7.03. The molecule has 105 heavy (non-hydrogen) atoms. The smallest absolute Gasteiger partial charge is 0.497 e. The molecule has 0 spiro atoms. The summed E-state index contributed by atoms with van der Waals surface area (Å²) in [4.78, 5) is 28.7. The van der Waals surface area contributed by atoms with E-state index in [1.54, 1.807) is 25.3 Å². The number of rotatable bonds is 18. The number of benzene rings is 5. The molecule has 6 aliphatic carbocycles. The molecule has 9 aliphatic rings. The van der Waals surface area contributed by atoms with Crippen molar-refractivity contribution in [3.05, 3.63) is 148 Å². The van der Waals surface area contributed by atoms with E-state index in [2.05, 4.69) is 27.5 Å². The zero-order valence-electron chi connectivity index (χ0n) is 59.9. The third kappa shape index (κ3) is 16.5. The Morgan fingerprint density at radius 2 is 1.00 bits per heavy atom. The second-order valence-electron chi connectivity index (χ2n) is 30.0. The van der Waals surface area contributed by atoms with Crippen molar-refractivity contribution in [3.8, 4) is 28.7 Å². The number of hydrogen-bond acceptors (Lipinski definition) is 12. The lowest BCUT2D eigenvalue weighted by atomic mass is 9.53. The number of carboxylic acids is 1. The molecule has 3 heterocycles. The predicted molar refractivity (Wildman–Crippen MR) is 367 cm³/mol. The first-order chi connectivity index (χ1) is 49.7. The monoisotopic (exact) mass is 1490 g/mol. The molecular formula is C79H95F13N4O9. The first-order valence-electron chi connectivity index (χ1n) is 36.6. The average Bonchev–Trinajstić information content (AvgIpc) is 1.44. The van der Waals surface area contributed by atoms with Crippen molar-refractivity contribution >= 4 is 11.9 Å². The summed E-state index contributed by atoms with van der Waals surface area (Å²) < 4.78 is 200. The first-order valence-corrected chi connectivity index (χ1v) is 36.6. The molecule has 5 aromatic rings. The molecule has 1 unspecified atom stereocenters. The Balaban J connectivity index is 0.000000141. The number of carbonyl (C=O) groups excluding carboxylic acids is 1. The topological polar surface area (TPSA) is 123 Å². The molecule has 0 amide bonds. The van der Waals surface area contributed by atoms with Crippen LogP contribution in [0.5, 0.6) is 28.7 Å². The Morgan fingerprint density at radius 1 is 0.524 bits per heavy atom. The van der Waals surface area contributed by atoms with Gasteiger partial charge in [-0.1, -0.05) is 87.1 Å². The van der Waals surface area contributed by atoms with Gasteiger partial charge in [0.1, 0.15) is 41.5 Å². The van der Waals surface area contributed by atoms with Gasteiger partial charge in [0.15, 0.2) is 0 Å². The molecule has 5 aromatic carbocycles. The van der Waals surface area contributed by atoms with Crippen molar-refractivity contribution in [3.63, 3.8) is 0 Å². The number of methoxy groups -OCH3 is 1. The van der Waals surface area contributed by atoms with Crippen LogP contribution in [0.3, 0.4) is 0 Å². The molecule has 6 fully saturated rings. The van der Waals surface area contributed by atoms with Crippen molar-refractivity contribution in [1.29, 1.82) is 0 Å². The quantitative estimate of drug-likeness (QED) is 0.0509. The summed E-state index contributed by atoms with van der Waals surface area (Å²) in [6.45, 7) is 1.05. The van der Waals surface area contributed by atoms with Crippen LogP contribution in [-0.4, -0.2) is 153 Å². The number of alkyl halides is 13. The van der Waals surface area contributed by atoms with Gasteiger partial charge in [-0.05, 0) is 236 Å². The average molecular weight is 1490 g/mol. The van der Waals surface area contributed by atoms with Crippen molar-refractivity contribution in [2.45, 2.75) is 231 Å². The van der Waals surface area contributed by atoms with Gasteiger partial charge in [0.05, 0.1) is 20.0 Å². The van der Waals surface area contributed by atoms with E-state index in [0.717, 1.165) is 116 Å². The maximum absolute atomic E-state index is 13.7. The minimum absolute atomic E-state index is 0.0125. The van der Waals surface area contributed by atoms with E-state index in [-0.39, 0.29) is 60.4 Å². The molecule has 0 bridgehead atoms. The van der Waals surface area contributed by atoms with Gasteiger partial charge < -0.3 is 38.4 Å². The maximum atomic E-state index is 13.7. The van der Waals surface area contributed by atoms with Gasteiger partial charge in [-0.25, -0.2) is 14.2 Å². The van der Waals surface area contributed by atoms with Crippen molar-refractivity contribution in [2.24, 2.45) is 0 Å². The number of para-hydroxylation sites is 1. The number of carbonyl (C=O) groups is 2. The second kappa shape index (κ2) is 31.7. The molecule has 3 aliphatic heterocycles. The summed E-state index contributed by atoms with van der Waals surface area (Å²) in [6, 6.07) is 30.1. The number of likely N-dealkylation sites (tertiary alicyclic amines) is 3. The lowest BCUT2D eigenvalue weighted by Gasteiger charge is -2.56. The number of carboxylic acid groups (broad SMARTS) is 1. The van der Waals surface area contributed by atoms with Crippen molar-refractivity contribution in [1.82, 2.24) is 19.6 Å². The van der Waals surface area contributed by atoms with Crippen molar-refractivity contribution < 1.29 is 100 Å². The first kappa shape index (κ1) is 79.0. The largest absolute Gasteiger partial charge is 0.573 e. The van der Waals surface area contributed by atoms with Gasteiger partial charge in [0.2, 0.25) is 6.86 Å². The normalized spacial score (nSPS) is 26.4. The molecular weight excluding hydrogens is 1400 g/mol. The number of halogens is 13. The van der Waals surface area contributed by atoms with Crippen LogP contribution >= 0.6 is 0 Å². The number of nitrogens with zero attached hydrogens (tertiary/aromatic N) is 4. The number of fused-ring (bicyclic) bond motifs is 3. The molecule has 3 saturated heterocycles. The fourth-order valence-electron chi connectivity index (χ4n) is 20.2. The van der Waals surface area contributed by atoms with Gasteiger partial charge in [-0.15, -0.1) is 26.3 Å². The van der Waals surface area contributed by atoms with Crippen LogP contribution in [0.4, 0.5) is 57.1 Å². The standard InChI is InChI=1S/C25H32FNO6.C18H19F6NO.2C18H22F3NO/c1-27(2)15-14-22(33-25(30)13-12-24(28)29)17-31-23-9-4-3-7-20(23)11-10-19-6-5-8-21(16-19)32-18-26;19-17(20,21)25-10-9-15-6-1-2-7-16(15,25)8-5-12-3-4-13(11-14(12)15)26-18(22,23)24;1-23-14-5-4-13-6-9-17-8-3-2-7-16(17,15(13)12-14)10-11-22(17)18(19,20)21;1-22-11-10-16-7-2-3-8-17(16,22)9-6-13-4-5-14(12-15(13)16)23-18(19,20)21/h3-9,16,22H,10-15,17-18H2,1-2H3,(H,28,29);3-4,11H,1-2,5-10H2;2*4-5,12H,2-3,6-11H2,1H3/t;15-,16+;2*16-,17+/m.111/s1. The molecule has 0 radical (unpaired) electrons. The molecule has 0 aromatic heterocycles. The second-order valence-corrected chi connectivity index (χ2v) is 30.0. The zero-order valence-corrected chi connectivity index (χ0v) is 59.9. The lowest BCUT2D eigenvalue weighted by Crippen LogP contribution is -2.63. The fourth-order valence-corrected chi connectivity index (χ4v) is 20.2. The summed E-state index contributed by atoms with van der Waals surface area (Å²) in [7, 11) is 7.65. The van der Waals surface area contributed by atoms with E-state index in [1.807, 2.05) is 79.7 Å². The van der Waals surface area contributed by atoms with Gasteiger partial charge in [0, 0.05) is 58.9 Å². The van der Waals surface area contributed by atoms with Crippen LogP contribution in [0, 0.1) is 0 Å². The highest BCUT2D eigenvalue weighted by Gasteiger charge is 2.69. The SMILES string of the molecule is CN(C)CCC(COc1ccccc1CCc1cccc(OCF)c1)OC(=O)CCC(=O)O.CN1CC[C@@]23CCCC[C@@]12CCc1ccc(OC(F)(F)F)cc13.COc1ccc2c(c1)[C@]13CCCC[C@@]1(CC2)N(C(F)(F)F)CC3.FC(F)(F)Oc1ccc2c(c1)[C@]13CCCC[C@@]1(CC2)N(C(F)(F)F)CC3. The number of aryl methyl sites for hydroxylation is 5. The fraction of sp³-hybridized carbons (Fsp3) is 0.595. The van der Waals surface area contributed by atoms with Crippen LogP contribution in [0.2, 0.25) is 0 Å². The highest BCUT2D eigenvalue weighted by Crippen LogP contribution is 2.66. The number of likely N-dealkylation sites (N-methyl/N-ethyl adjacent to an activating group) is 1.